The molecular weight excluding hydrogens is 435 g/mol. The van der Waals surface area contributed by atoms with Crippen molar-refractivity contribution in [3.05, 3.63) is 47.4 Å². The van der Waals surface area contributed by atoms with Gasteiger partial charge in [0.1, 0.15) is 11.9 Å². The second kappa shape index (κ2) is 7.79. The number of ether oxygens (including phenoxy) is 1. The Morgan fingerprint density at radius 1 is 1.28 bits per heavy atom. The van der Waals surface area contributed by atoms with Crippen LogP contribution in [0.3, 0.4) is 0 Å². The molecule has 0 bridgehead atoms. The van der Waals surface area contributed by atoms with Gasteiger partial charge < -0.3 is 9.64 Å². The van der Waals surface area contributed by atoms with Crippen LogP contribution in [-0.2, 0) is 25.5 Å². The van der Waals surface area contributed by atoms with E-state index in [2.05, 4.69) is 9.97 Å². The lowest BCUT2D eigenvalue weighted by atomic mass is 10.2. The molecule has 0 radical (unpaired) electrons. The lowest BCUT2D eigenvalue weighted by Crippen LogP contribution is -2.37. The van der Waals surface area contributed by atoms with Crippen LogP contribution in [0.15, 0.2) is 41.4 Å². The summed E-state index contributed by atoms with van der Waals surface area (Å²) >= 11 is 5.77. The van der Waals surface area contributed by atoms with E-state index in [1.165, 1.54) is 23.2 Å². The van der Waals surface area contributed by atoms with E-state index in [9.17, 15) is 26.4 Å². The van der Waals surface area contributed by atoms with E-state index in [-0.39, 0.29) is 24.1 Å². The summed E-state index contributed by atoms with van der Waals surface area (Å²) < 4.78 is 70.9. The molecule has 12 heteroatoms. The van der Waals surface area contributed by atoms with Crippen molar-refractivity contribution < 1.29 is 31.1 Å². The van der Waals surface area contributed by atoms with Crippen molar-refractivity contribution >= 4 is 33.2 Å². The molecule has 0 spiro atoms. The standard InChI is InChI=1S/C17H15ClF3N3O4S/c1-28-15(25)12-8-10(9-24(12)14-6-7-22-16(18)23-14)29(26,27)13-5-3-2-4-11(13)17(19,20)21/h2-7,10,12H,8-9H2,1H3/t10-,12-/m0/s1. The highest BCUT2D eigenvalue weighted by atomic mass is 35.5. The Labute approximate surface area is 169 Å². The van der Waals surface area contributed by atoms with Gasteiger partial charge in [-0.2, -0.15) is 13.2 Å². The molecule has 1 saturated heterocycles. The Morgan fingerprint density at radius 3 is 2.59 bits per heavy atom. The first kappa shape index (κ1) is 21.3. The Morgan fingerprint density at radius 2 is 1.97 bits per heavy atom. The predicted molar refractivity (Wildman–Crippen MR) is 97.2 cm³/mol. The SMILES string of the molecule is COC(=O)[C@@H]1C[C@H](S(=O)(=O)c2ccccc2C(F)(F)F)CN1c1ccnc(Cl)n1. The van der Waals surface area contributed by atoms with E-state index in [1.807, 2.05) is 0 Å². The molecule has 29 heavy (non-hydrogen) atoms. The van der Waals surface area contributed by atoms with Gasteiger partial charge in [0.2, 0.25) is 5.28 Å². The Kier molecular flexibility index (Phi) is 5.72. The zero-order valence-corrected chi connectivity index (χ0v) is 16.5. The van der Waals surface area contributed by atoms with Crippen molar-refractivity contribution in [3.8, 4) is 0 Å². The largest absolute Gasteiger partial charge is 0.467 e. The summed E-state index contributed by atoms with van der Waals surface area (Å²) in [6, 6.07) is 4.32. The fourth-order valence-electron chi connectivity index (χ4n) is 3.25. The van der Waals surface area contributed by atoms with Gasteiger partial charge in [0, 0.05) is 12.7 Å². The first-order chi connectivity index (χ1) is 13.6. The van der Waals surface area contributed by atoms with Gasteiger partial charge in [-0.15, -0.1) is 0 Å². The summed E-state index contributed by atoms with van der Waals surface area (Å²) in [4.78, 5) is 20.4. The number of carbonyl (C=O) groups is 1. The van der Waals surface area contributed by atoms with Crippen LogP contribution >= 0.6 is 11.6 Å². The summed E-state index contributed by atoms with van der Waals surface area (Å²) in [5, 5.41) is -1.41. The molecule has 1 aliphatic heterocycles. The summed E-state index contributed by atoms with van der Waals surface area (Å²) in [5.74, 6) is -0.566. The molecule has 0 N–H and O–H groups in total. The first-order valence-electron chi connectivity index (χ1n) is 8.29. The van der Waals surface area contributed by atoms with Crippen LogP contribution in [-0.4, -0.2) is 49.3 Å². The number of nitrogens with zero attached hydrogens (tertiary/aromatic N) is 3. The molecule has 2 heterocycles. The molecule has 0 aliphatic carbocycles. The van der Waals surface area contributed by atoms with Crippen molar-refractivity contribution in [2.45, 2.75) is 28.8 Å². The van der Waals surface area contributed by atoms with Crippen LogP contribution in [0.2, 0.25) is 5.28 Å². The number of methoxy groups -OCH3 is 1. The number of esters is 1. The number of aromatic nitrogens is 2. The van der Waals surface area contributed by atoms with Crippen LogP contribution in [0.25, 0.3) is 0 Å². The van der Waals surface area contributed by atoms with E-state index in [0.717, 1.165) is 19.2 Å². The molecule has 0 unspecified atom stereocenters. The quantitative estimate of drug-likeness (QED) is 0.523. The van der Waals surface area contributed by atoms with Gasteiger partial charge in [0.15, 0.2) is 9.84 Å². The van der Waals surface area contributed by atoms with Crippen molar-refractivity contribution in [1.82, 2.24) is 9.97 Å². The van der Waals surface area contributed by atoms with E-state index in [4.69, 9.17) is 16.3 Å². The summed E-state index contributed by atoms with van der Waals surface area (Å²) in [6.07, 6.45) is -3.79. The molecular formula is C17H15ClF3N3O4S. The average molecular weight is 450 g/mol. The number of alkyl halides is 3. The molecule has 2 atom stereocenters. The zero-order chi connectivity index (χ0) is 21.4. The van der Waals surface area contributed by atoms with Gasteiger partial charge in [-0.05, 0) is 36.2 Å². The summed E-state index contributed by atoms with van der Waals surface area (Å²) in [6.45, 7) is -0.262. The van der Waals surface area contributed by atoms with Gasteiger partial charge in [-0.1, -0.05) is 12.1 Å². The number of carbonyl (C=O) groups excluding carboxylic acids is 1. The van der Waals surface area contributed by atoms with E-state index in [0.29, 0.717) is 6.07 Å². The van der Waals surface area contributed by atoms with Gasteiger partial charge in [0.05, 0.1) is 22.8 Å². The number of rotatable bonds is 4. The molecule has 1 aromatic heterocycles. The number of benzene rings is 1. The molecule has 2 aromatic rings. The molecule has 1 fully saturated rings. The topological polar surface area (TPSA) is 89.5 Å². The number of hydrogen-bond donors (Lipinski definition) is 0. The van der Waals surface area contributed by atoms with Crippen LogP contribution in [0.4, 0.5) is 19.0 Å². The fourth-order valence-corrected chi connectivity index (χ4v) is 5.30. The molecule has 0 amide bonds. The third-order valence-corrected chi connectivity index (χ3v) is 6.95. The highest BCUT2D eigenvalue weighted by Crippen LogP contribution is 2.38. The van der Waals surface area contributed by atoms with Crippen molar-refractivity contribution in [3.63, 3.8) is 0 Å². The molecule has 1 aliphatic rings. The summed E-state index contributed by atoms with van der Waals surface area (Å²) in [7, 11) is -3.29. The minimum absolute atomic E-state index is 0.125. The second-order valence-electron chi connectivity index (χ2n) is 6.27. The van der Waals surface area contributed by atoms with E-state index in [1.54, 1.807) is 0 Å². The Hall–Kier alpha value is -2.40. The monoisotopic (exact) mass is 449 g/mol. The maximum absolute atomic E-state index is 13.3. The average Bonchev–Trinajstić information content (AvgIpc) is 3.13. The Bertz CT molecular complexity index is 1030. The molecule has 156 valence electrons. The van der Waals surface area contributed by atoms with Crippen molar-refractivity contribution in [1.29, 1.82) is 0 Å². The highest BCUT2D eigenvalue weighted by Gasteiger charge is 2.47. The Balaban J connectivity index is 2.03. The zero-order valence-electron chi connectivity index (χ0n) is 14.9. The third kappa shape index (κ3) is 4.15. The molecule has 0 saturated carbocycles. The van der Waals surface area contributed by atoms with Crippen molar-refractivity contribution in [2.75, 3.05) is 18.6 Å². The van der Waals surface area contributed by atoms with Gasteiger partial charge in [0.25, 0.3) is 0 Å². The second-order valence-corrected chi connectivity index (χ2v) is 8.81. The molecule has 7 nitrogen and oxygen atoms in total. The van der Waals surface area contributed by atoms with E-state index < -0.39 is 43.7 Å². The minimum Gasteiger partial charge on any atom is -0.467 e. The van der Waals surface area contributed by atoms with Crippen LogP contribution in [0, 0.1) is 0 Å². The fraction of sp³-hybridized carbons (Fsp3) is 0.353. The molecule has 1 aromatic carbocycles. The third-order valence-electron chi connectivity index (χ3n) is 4.58. The lowest BCUT2D eigenvalue weighted by Gasteiger charge is -2.23. The number of anilines is 1. The number of halogens is 4. The molecule has 3 rings (SSSR count). The number of sulfone groups is 1. The van der Waals surface area contributed by atoms with Crippen LogP contribution in [0.1, 0.15) is 12.0 Å². The lowest BCUT2D eigenvalue weighted by molar-refractivity contribution is -0.142. The van der Waals surface area contributed by atoms with Crippen LogP contribution in [0.5, 0.6) is 0 Å². The predicted octanol–water partition coefficient (Wildman–Crippen LogP) is 2.74. The minimum atomic E-state index is -4.84. The smallest absolute Gasteiger partial charge is 0.417 e. The normalized spacial score (nSPS) is 20.0. The summed E-state index contributed by atoms with van der Waals surface area (Å²) in [5.41, 5.74) is -1.25. The number of hydrogen-bond acceptors (Lipinski definition) is 7. The van der Waals surface area contributed by atoms with E-state index >= 15 is 0 Å². The van der Waals surface area contributed by atoms with Gasteiger partial charge in [-0.3, -0.25) is 0 Å². The maximum atomic E-state index is 13.3. The van der Waals surface area contributed by atoms with Gasteiger partial charge >= 0.3 is 12.1 Å². The van der Waals surface area contributed by atoms with Crippen LogP contribution < -0.4 is 4.90 Å². The van der Waals surface area contributed by atoms with Gasteiger partial charge in [-0.25, -0.2) is 23.2 Å². The van der Waals surface area contributed by atoms with Crippen molar-refractivity contribution in [2.24, 2.45) is 0 Å². The highest BCUT2D eigenvalue weighted by molar-refractivity contribution is 7.92. The first-order valence-corrected chi connectivity index (χ1v) is 10.2. The maximum Gasteiger partial charge on any atom is 0.417 e.